The van der Waals surface area contributed by atoms with Crippen molar-refractivity contribution in [3.05, 3.63) is 9.21 Å². The number of hydrogen-bond donors (Lipinski definition) is 0. The molecule has 6 heteroatoms. The molecule has 0 N–H and O–H groups in total. The summed E-state index contributed by atoms with van der Waals surface area (Å²) in [6, 6.07) is 0. The summed E-state index contributed by atoms with van der Waals surface area (Å²) in [6.45, 7) is 2.08. The number of nitrogens with zero attached hydrogens (tertiary/aromatic N) is 3. The molecule has 0 aliphatic carbocycles. The van der Waals surface area contributed by atoms with Crippen molar-refractivity contribution in [3.8, 4) is 0 Å². The molecule has 4 nitrogen and oxygen atoms in total. The van der Waals surface area contributed by atoms with Crippen LogP contribution in [0.2, 0.25) is 0 Å². The highest BCUT2D eigenvalue weighted by molar-refractivity contribution is 9.13. The summed E-state index contributed by atoms with van der Waals surface area (Å²) in [5.74, 6) is 0.138. The zero-order valence-electron chi connectivity index (χ0n) is 6.42. The van der Waals surface area contributed by atoms with Gasteiger partial charge < -0.3 is 0 Å². The highest BCUT2D eigenvalue weighted by Crippen LogP contribution is 2.16. The van der Waals surface area contributed by atoms with Crippen molar-refractivity contribution < 1.29 is 4.79 Å². The molecule has 1 rings (SSSR count). The van der Waals surface area contributed by atoms with Crippen molar-refractivity contribution in [3.63, 3.8) is 0 Å². The van der Waals surface area contributed by atoms with Gasteiger partial charge in [-0.3, -0.25) is 4.79 Å². The molecule has 0 spiro atoms. The summed E-state index contributed by atoms with van der Waals surface area (Å²) >= 11 is 6.39. The van der Waals surface area contributed by atoms with Crippen LogP contribution in [0.4, 0.5) is 0 Å². The van der Waals surface area contributed by atoms with Gasteiger partial charge in [-0.25, -0.2) is 0 Å². The van der Waals surface area contributed by atoms with Crippen LogP contribution in [0, 0.1) is 0 Å². The Morgan fingerprint density at radius 1 is 1.42 bits per heavy atom. The molecule has 0 bridgehead atoms. The minimum Gasteiger partial charge on any atom is -0.300 e. The van der Waals surface area contributed by atoms with E-state index in [-0.39, 0.29) is 5.78 Å². The van der Waals surface area contributed by atoms with Crippen molar-refractivity contribution in [1.29, 1.82) is 0 Å². The molecular formula is C6H7Br2N3O. The fraction of sp³-hybridized carbons (Fsp3) is 0.500. The van der Waals surface area contributed by atoms with Crippen molar-refractivity contribution >= 4 is 37.6 Å². The Morgan fingerprint density at radius 3 is 2.33 bits per heavy atom. The van der Waals surface area contributed by atoms with E-state index in [1.807, 2.05) is 0 Å². The van der Waals surface area contributed by atoms with Crippen molar-refractivity contribution in [1.82, 2.24) is 15.0 Å². The van der Waals surface area contributed by atoms with Crippen molar-refractivity contribution in [2.45, 2.75) is 19.9 Å². The first kappa shape index (κ1) is 9.85. The quantitative estimate of drug-likeness (QED) is 0.854. The lowest BCUT2D eigenvalue weighted by atomic mass is 10.3. The molecule has 0 saturated heterocycles. The minimum absolute atomic E-state index is 0.138. The summed E-state index contributed by atoms with van der Waals surface area (Å²) in [5.41, 5.74) is 0. The van der Waals surface area contributed by atoms with E-state index in [1.165, 1.54) is 4.80 Å². The maximum atomic E-state index is 10.6. The Kier molecular flexibility index (Phi) is 3.39. The van der Waals surface area contributed by atoms with Gasteiger partial charge in [0.25, 0.3) is 0 Å². The zero-order valence-corrected chi connectivity index (χ0v) is 9.59. The monoisotopic (exact) mass is 295 g/mol. The van der Waals surface area contributed by atoms with E-state index >= 15 is 0 Å². The van der Waals surface area contributed by atoms with Gasteiger partial charge >= 0.3 is 0 Å². The molecule has 0 unspecified atom stereocenters. The van der Waals surface area contributed by atoms with E-state index in [0.717, 1.165) is 0 Å². The highest BCUT2D eigenvalue weighted by Gasteiger charge is 2.04. The molecule has 1 aromatic rings. The predicted octanol–water partition coefficient (Wildman–Crippen LogP) is 1.78. The second kappa shape index (κ2) is 4.13. The van der Waals surface area contributed by atoms with Gasteiger partial charge in [-0.15, -0.1) is 10.2 Å². The van der Waals surface area contributed by atoms with Crippen LogP contribution < -0.4 is 0 Å². The number of aromatic nitrogens is 3. The van der Waals surface area contributed by atoms with E-state index in [1.54, 1.807) is 6.92 Å². The smallest absolute Gasteiger partial charge is 0.162 e. The molecule has 0 saturated carbocycles. The predicted molar refractivity (Wildman–Crippen MR) is 50.7 cm³/mol. The molecule has 1 heterocycles. The summed E-state index contributed by atoms with van der Waals surface area (Å²) in [4.78, 5) is 12.1. The van der Waals surface area contributed by atoms with Crippen LogP contribution >= 0.6 is 31.9 Å². The largest absolute Gasteiger partial charge is 0.300 e. The van der Waals surface area contributed by atoms with E-state index in [0.29, 0.717) is 22.2 Å². The van der Waals surface area contributed by atoms with E-state index in [2.05, 4.69) is 42.1 Å². The Bertz CT molecular complexity index is 277. The number of hydrogen-bond acceptors (Lipinski definition) is 3. The first-order valence-electron chi connectivity index (χ1n) is 3.35. The summed E-state index contributed by atoms with van der Waals surface area (Å²) in [6.07, 6.45) is 0.466. The van der Waals surface area contributed by atoms with Gasteiger partial charge in [-0.2, -0.15) is 4.80 Å². The standard InChI is InChI=1S/C6H7Br2N3O/c1-4(12)2-3-11-9-5(7)6(8)10-11/h2-3H2,1H3. The lowest BCUT2D eigenvalue weighted by molar-refractivity contribution is -0.117. The van der Waals surface area contributed by atoms with Gasteiger partial charge in [-0.05, 0) is 38.8 Å². The summed E-state index contributed by atoms with van der Waals surface area (Å²) in [5, 5.41) is 8.01. The van der Waals surface area contributed by atoms with E-state index < -0.39 is 0 Å². The maximum absolute atomic E-state index is 10.6. The van der Waals surface area contributed by atoms with E-state index in [4.69, 9.17) is 0 Å². The molecule has 66 valence electrons. The SMILES string of the molecule is CC(=O)CCn1nc(Br)c(Br)n1. The normalized spacial score (nSPS) is 10.2. The minimum atomic E-state index is 0.138. The molecule has 0 atom stereocenters. The topological polar surface area (TPSA) is 47.8 Å². The molecule has 0 radical (unpaired) electrons. The van der Waals surface area contributed by atoms with Crippen LogP contribution in [0.15, 0.2) is 9.21 Å². The summed E-state index contributed by atoms with van der Waals surface area (Å²) < 4.78 is 1.32. The molecule has 0 amide bonds. The first-order valence-corrected chi connectivity index (χ1v) is 4.94. The summed E-state index contributed by atoms with van der Waals surface area (Å²) in [7, 11) is 0. The van der Waals surface area contributed by atoms with Gasteiger partial charge in [0.2, 0.25) is 0 Å². The Hall–Kier alpha value is -0.230. The van der Waals surface area contributed by atoms with Crippen LogP contribution in [0.25, 0.3) is 0 Å². The molecule has 1 aromatic heterocycles. The zero-order chi connectivity index (χ0) is 9.14. The van der Waals surface area contributed by atoms with Gasteiger partial charge in [0.15, 0.2) is 9.21 Å². The van der Waals surface area contributed by atoms with Crippen molar-refractivity contribution in [2.24, 2.45) is 0 Å². The Labute approximate surface area is 86.6 Å². The highest BCUT2D eigenvalue weighted by atomic mass is 79.9. The Balaban J connectivity index is 2.58. The molecule has 0 aromatic carbocycles. The number of carbonyl (C=O) groups excluding carboxylic acids is 1. The van der Waals surface area contributed by atoms with Gasteiger partial charge in [0.1, 0.15) is 5.78 Å². The number of ketones is 1. The van der Waals surface area contributed by atoms with Crippen LogP contribution in [0.3, 0.4) is 0 Å². The molecule has 0 fully saturated rings. The first-order chi connectivity index (χ1) is 5.59. The van der Waals surface area contributed by atoms with Crippen molar-refractivity contribution in [2.75, 3.05) is 0 Å². The number of rotatable bonds is 3. The van der Waals surface area contributed by atoms with Crippen LogP contribution in [0.5, 0.6) is 0 Å². The average Bonchev–Trinajstić information content (AvgIpc) is 2.28. The lowest BCUT2D eigenvalue weighted by Crippen LogP contribution is -2.05. The van der Waals surface area contributed by atoms with Gasteiger partial charge in [-0.1, -0.05) is 0 Å². The third kappa shape index (κ3) is 2.67. The second-order valence-electron chi connectivity index (χ2n) is 2.33. The number of Topliss-reactive ketones (excluding diaryl/α,β-unsaturated/α-hetero) is 1. The lowest BCUT2D eigenvalue weighted by Gasteiger charge is -1.94. The fourth-order valence-electron chi connectivity index (χ4n) is 0.665. The fourth-order valence-corrected chi connectivity index (χ4v) is 1.19. The van der Waals surface area contributed by atoms with Gasteiger partial charge in [0, 0.05) is 6.42 Å². The number of carbonyl (C=O) groups is 1. The Morgan fingerprint density at radius 2 is 1.92 bits per heavy atom. The molecular weight excluding hydrogens is 290 g/mol. The van der Waals surface area contributed by atoms with Gasteiger partial charge in [0.05, 0.1) is 6.54 Å². The number of aryl methyl sites for hydroxylation is 1. The third-order valence-corrected chi connectivity index (χ3v) is 2.84. The van der Waals surface area contributed by atoms with Crippen LogP contribution in [-0.2, 0) is 11.3 Å². The average molecular weight is 297 g/mol. The van der Waals surface area contributed by atoms with Crippen LogP contribution in [0.1, 0.15) is 13.3 Å². The number of halogens is 2. The molecule has 0 aliphatic heterocycles. The molecule has 12 heavy (non-hydrogen) atoms. The molecule has 0 aliphatic rings. The maximum Gasteiger partial charge on any atom is 0.162 e. The third-order valence-electron chi connectivity index (χ3n) is 1.24. The van der Waals surface area contributed by atoms with E-state index in [9.17, 15) is 4.79 Å². The van der Waals surface area contributed by atoms with Crippen LogP contribution in [-0.4, -0.2) is 20.8 Å². The second-order valence-corrected chi connectivity index (χ2v) is 3.83.